The smallest absolute Gasteiger partial charge is 0.0946 e. The molecule has 3 unspecified atom stereocenters. The molecule has 0 aromatic rings. The summed E-state index contributed by atoms with van der Waals surface area (Å²) >= 11 is 0. The molecule has 15 heavy (non-hydrogen) atoms. The molecule has 1 saturated heterocycles. The van der Waals surface area contributed by atoms with Crippen LogP contribution in [0.15, 0.2) is 11.6 Å². The van der Waals surface area contributed by atoms with Crippen LogP contribution in [0.4, 0.5) is 0 Å². The Bertz CT molecular complexity index is 293. The number of aliphatic hydroxyl groups excluding tert-OH is 1. The van der Waals surface area contributed by atoms with E-state index in [1.807, 2.05) is 6.08 Å². The van der Waals surface area contributed by atoms with Crippen molar-refractivity contribution in [1.82, 2.24) is 0 Å². The van der Waals surface area contributed by atoms with Crippen LogP contribution in [-0.2, 0) is 4.74 Å². The maximum atomic E-state index is 9.79. The number of hydrogen-bond acceptors (Lipinski definition) is 2. The molecule has 1 aliphatic heterocycles. The molecule has 0 saturated carbocycles. The lowest BCUT2D eigenvalue weighted by atomic mass is 9.63. The summed E-state index contributed by atoms with van der Waals surface area (Å²) in [5, 5.41) is 9.79. The fourth-order valence-electron chi connectivity index (χ4n) is 3.36. The SMILES string of the molecule is CC1=CC(O)CC(C)(C)C12CCC(C)O2. The first kappa shape index (κ1) is 11.2. The predicted octanol–water partition coefficient (Wildman–Crippen LogP) is 2.66. The van der Waals surface area contributed by atoms with Gasteiger partial charge < -0.3 is 9.84 Å². The van der Waals surface area contributed by atoms with Crippen molar-refractivity contribution in [3.8, 4) is 0 Å². The van der Waals surface area contributed by atoms with Crippen LogP contribution in [0.5, 0.6) is 0 Å². The summed E-state index contributed by atoms with van der Waals surface area (Å²) in [7, 11) is 0. The first-order chi connectivity index (χ1) is 6.87. The van der Waals surface area contributed by atoms with E-state index in [0.29, 0.717) is 6.10 Å². The summed E-state index contributed by atoms with van der Waals surface area (Å²) in [5.41, 5.74) is 1.14. The fraction of sp³-hybridized carbons (Fsp3) is 0.846. The number of rotatable bonds is 0. The molecule has 3 atom stereocenters. The highest BCUT2D eigenvalue weighted by molar-refractivity contribution is 5.27. The Hall–Kier alpha value is -0.340. The zero-order valence-corrected chi connectivity index (χ0v) is 10.2. The van der Waals surface area contributed by atoms with Crippen molar-refractivity contribution >= 4 is 0 Å². The van der Waals surface area contributed by atoms with Crippen molar-refractivity contribution in [3.63, 3.8) is 0 Å². The van der Waals surface area contributed by atoms with Crippen LogP contribution >= 0.6 is 0 Å². The first-order valence-electron chi connectivity index (χ1n) is 5.92. The Morgan fingerprint density at radius 1 is 1.47 bits per heavy atom. The summed E-state index contributed by atoms with van der Waals surface area (Å²) in [5.74, 6) is 0. The van der Waals surface area contributed by atoms with Crippen LogP contribution in [-0.4, -0.2) is 22.9 Å². The van der Waals surface area contributed by atoms with Gasteiger partial charge in [-0.25, -0.2) is 0 Å². The van der Waals surface area contributed by atoms with Gasteiger partial charge in [0.05, 0.1) is 17.8 Å². The van der Waals surface area contributed by atoms with E-state index in [9.17, 15) is 5.11 Å². The quantitative estimate of drug-likeness (QED) is 0.623. The van der Waals surface area contributed by atoms with Gasteiger partial charge in [-0.15, -0.1) is 0 Å². The van der Waals surface area contributed by atoms with Crippen LogP contribution in [0.25, 0.3) is 0 Å². The van der Waals surface area contributed by atoms with Crippen molar-refractivity contribution in [2.75, 3.05) is 0 Å². The summed E-state index contributed by atoms with van der Waals surface area (Å²) in [6, 6.07) is 0. The average Bonchev–Trinajstić information content (AvgIpc) is 2.45. The monoisotopic (exact) mass is 210 g/mol. The third kappa shape index (κ3) is 1.55. The molecule has 1 fully saturated rings. The van der Waals surface area contributed by atoms with E-state index in [1.165, 1.54) is 5.57 Å². The standard InChI is InChI=1S/C13H22O2/c1-9-7-11(14)8-12(3,4)13(9)6-5-10(2)15-13/h7,10-11,14H,5-6,8H2,1-4H3. The van der Waals surface area contributed by atoms with E-state index in [1.54, 1.807) is 0 Å². The van der Waals surface area contributed by atoms with Gasteiger partial charge in [-0.05, 0) is 38.7 Å². The van der Waals surface area contributed by atoms with E-state index < -0.39 is 0 Å². The van der Waals surface area contributed by atoms with Crippen LogP contribution in [0.2, 0.25) is 0 Å². The maximum absolute atomic E-state index is 9.79. The van der Waals surface area contributed by atoms with E-state index in [-0.39, 0.29) is 17.1 Å². The number of hydrogen-bond donors (Lipinski definition) is 1. The zero-order valence-electron chi connectivity index (χ0n) is 10.2. The van der Waals surface area contributed by atoms with Gasteiger partial charge in [0, 0.05) is 5.41 Å². The largest absolute Gasteiger partial charge is 0.389 e. The average molecular weight is 210 g/mol. The second kappa shape index (κ2) is 3.33. The molecule has 2 aliphatic rings. The molecule has 86 valence electrons. The summed E-state index contributed by atoms with van der Waals surface area (Å²) in [6.07, 6.45) is 5.05. The Morgan fingerprint density at radius 2 is 2.13 bits per heavy atom. The molecule has 0 amide bonds. The molecular formula is C13H22O2. The van der Waals surface area contributed by atoms with Crippen molar-refractivity contribution in [2.24, 2.45) is 5.41 Å². The minimum absolute atomic E-state index is 0.0377. The minimum Gasteiger partial charge on any atom is -0.389 e. The predicted molar refractivity (Wildman–Crippen MR) is 60.7 cm³/mol. The van der Waals surface area contributed by atoms with Crippen LogP contribution in [0, 0.1) is 5.41 Å². The minimum atomic E-state index is -0.301. The molecular weight excluding hydrogens is 188 g/mol. The normalized spacial score (nSPS) is 44.5. The van der Waals surface area contributed by atoms with E-state index in [4.69, 9.17) is 4.74 Å². The van der Waals surface area contributed by atoms with Gasteiger partial charge in [0.25, 0.3) is 0 Å². The second-order valence-electron chi connectivity index (χ2n) is 5.80. The lowest BCUT2D eigenvalue weighted by molar-refractivity contribution is -0.104. The molecule has 0 radical (unpaired) electrons. The van der Waals surface area contributed by atoms with Crippen molar-refractivity contribution < 1.29 is 9.84 Å². The third-order valence-electron chi connectivity index (χ3n) is 4.20. The molecule has 1 heterocycles. The van der Waals surface area contributed by atoms with Crippen LogP contribution in [0.1, 0.15) is 47.0 Å². The van der Waals surface area contributed by atoms with Gasteiger partial charge in [0.1, 0.15) is 0 Å². The van der Waals surface area contributed by atoms with E-state index in [2.05, 4.69) is 27.7 Å². The molecule has 1 aliphatic carbocycles. The Morgan fingerprint density at radius 3 is 2.60 bits per heavy atom. The fourth-order valence-corrected chi connectivity index (χ4v) is 3.36. The number of aliphatic hydroxyl groups is 1. The van der Waals surface area contributed by atoms with Gasteiger partial charge in [0.2, 0.25) is 0 Å². The molecule has 2 heteroatoms. The molecule has 1 N–H and O–H groups in total. The Labute approximate surface area is 92.3 Å². The van der Waals surface area contributed by atoms with Gasteiger partial charge in [-0.2, -0.15) is 0 Å². The highest BCUT2D eigenvalue weighted by Crippen LogP contribution is 2.53. The second-order valence-corrected chi connectivity index (χ2v) is 5.80. The van der Waals surface area contributed by atoms with E-state index >= 15 is 0 Å². The Kier molecular flexibility index (Phi) is 2.47. The van der Waals surface area contributed by atoms with Crippen molar-refractivity contribution in [2.45, 2.75) is 64.8 Å². The highest BCUT2D eigenvalue weighted by Gasteiger charge is 2.53. The molecule has 0 bridgehead atoms. The topological polar surface area (TPSA) is 29.5 Å². The lowest BCUT2D eigenvalue weighted by Crippen LogP contribution is -2.50. The maximum Gasteiger partial charge on any atom is 0.0946 e. The van der Waals surface area contributed by atoms with Crippen LogP contribution in [0.3, 0.4) is 0 Å². The molecule has 2 rings (SSSR count). The molecule has 2 nitrogen and oxygen atoms in total. The lowest BCUT2D eigenvalue weighted by Gasteiger charge is -2.48. The van der Waals surface area contributed by atoms with Gasteiger partial charge >= 0.3 is 0 Å². The van der Waals surface area contributed by atoms with Gasteiger partial charge in [-0.3, -0.25) is 0 Å². The molecule has 0 aromatic carbocycles. The Balaban J connectivity index is 2.40. The first-order valence-corrected chi connectivity index (χ1v) is 5.92. The van der Waals surface area contributed by atoms with E-state index in [0.717, 1.165) is 19.3 Å². The molecule has 1 spiro atoms. The number of ether oxygens (including phenoxy) is 1. The highest BCUT2D eigenvalue weighted by atomic mass is 16.5. The molecule has 0 aromatic heterocycles. The third-order valence-corrected chi connectivity index (χ3v) is 4.20. The van der Waals surface area contributed by atoms with Crippen molar-refractivity contribution in [1.29, 1.82) is 0 Å². The zero-order chi connectivity index (χ0) is 11.3. The van der Waals surface area contributed by atoms with Gasteiger partial charge in [-0.1, -0.05) is 19.9 Å². The summed E-state index contributed by atoms with van der Waals surface area (Å²) in [4.78, 5) is 0. The van der Waals surface area contributed by atoms with Gasteiger partial charge in [0.15, 0.2) is 0 Å². The summed E-state index contributed by atoms with van der Waals surface area (Å²) in [6.45, 7) is 8.67. The summed E-state index contributed by atoms with van der Waals surface area (Å²) < 4.78 is 6.19. The van der Waals surface area contributed by atoms with Crippen LogP contribution < -0.4 is 0 Å². The van der Waals surface area contributed by atoms with Crippen molar-refractivity contribution in [3.05, 3.63) is 11.6 Å².